The molecule has 0 amide bonds. The molecule has 12 heavy (non-hydrogen) atoms. The molecule has 0 N–H and O–H groups in total. The zero-order valence-corrected chi connectivity index (χ0v) is 8.01. The van der Waals surface area contributed by atoms with Crippen molar-refractivity contribution in [3.8, 4) is 6.07 Å². The second kappa shape index (κ2) is 5.60. The van der Waals surface area contributed by atoms with Crippen LogP contribution in [-0.4, -0.2) is 0 Å². The Bertz CT molecular complexity index is 198. The third-order valence-electron chi connectivity index (χ3n) is 1.91. The zero-order chi connectivity index (χ0) is 9.45. The number of nitrogens with zero attached hydrogens (tertiary/aromatic N) is 1. The Morgan fingerprint density at radius 2 is 2.25 bits per heavy atom. The van der Waals surface area contributed by atoms with Gasteiger partial charge < -0.3 is 0 Å². The Balaban J connectivity index is 4.52. The molecule has 0 saturated carbocycles. The summed E-state index contributed by atoms with van der Waals surface area (Å²) in [5.74, 6) is 0. The van der Waals surface area contributed by atoms with Gasteiger partial charge in [0.2, 0.25) is 0 Å². The standard InChI is InChI=1S/C11H17N/c1-4-7-11(10-12,8-5-2)9-6-3/h4-5,8H,1,6-7,9H2,2-3H3/b8-5+. The van der Waals surface area contributed by atoms with Crippen molar-refractivity contribution in [1.29, 1.82) is 5.26 Å². The van der Waals surface area contributed by atoms with Crippen molar-refractivity contribution < 1.29 is 0 Å². The molecule has 0 aromatic heterocycles. The first-order chi connectivity index (χ1) is 5.74. The summed E-state index contributed by atoms with van der Waals surface area (Å²) in [5.41, 5.74) is -0.300. The van der Waals surface area contributed by atoms with Gasteiger partial charge in [-0.15, -0.1) is 6.58 Å². The SMILES string of the molecule is C=CCC(C#N)(/C=C/C)CCC. The highest BCUT2D eigenvalue weighted by Crippen LogP contribution is 2.29. The van der Waals surface area contributed by atoms with Crippen LogP contribution >= 0.6 is 0 Å². The Morgan fingerprint density at radius 3 is 2.58 bits per heavy atom. The first-order valence-corrected chi connectivity index (χ1v) is 4.40. The Labute approximate surface area is 75.4 Å². The van der Waals surface area contributed by atoms with Crippen LogP contribution in [0.25, 0.3) is 0 Å². The quantitative estimate of drug-likeness (QED) is 0.569. The highest BCUT2D eigenvalue weighted by atomic mass is 14.3. The van der Waals surface area contributed by atoms with Crippen LogP contribution < -0.4 is 0 Å². The molecule has 0 aromatic carbocycles. The van der Waals surface area contributed by atoms with Crippen molar-refractivity contribution in [3.05, 3.63) is 24.8 Å². The van der Waals surface area contributed by atoms with Crippen LogP contribution in [0.4, 0.5) is 0 Å². The molecule has 1 nitrogen and oxygen atoms in total. The average molecular weight is 163 g/mol. The molecule has 0 aliphatic heterocycles. The fraction of sp³-hybridized carbons (Fsp3) is 0.545. The minimum absolute atomic E-state index is 0.300. The van der Waals surface area contributed by atoms with Gasteiger partial charge in [-0.3, -0.25) is 0 Å². The fourth-order valence-electron chi connectivity index (χ4n) is 1.41. The predicted octanol–water partition coefficient (Wildman–Crippen LogP) is 3.45. The third kappa shape index (κ3) is 2.92. The molecule has 0 bridgehead atoms. The zero-order valence-electron chi connectivity index (χ0n) is 8.01. The summed E-state index contributed by atoms with van der Waals surface area (Å²) in [6, 6.07) is 2.36. The lowest BCUT2D eigenvalue weighted by Crippen LogP contribution is -2.13. The van der Waals surface area contributed by atoms with Crippen molar-refractivity contribution in [2.24, 2.45) is 5.41 Å². The van der Waals surface area contributed by atoms with Gasteiger partial charge in [0, 0.05) is 0 Å². The molecule has 66 valence electrons. The van der Waals surface area contributed by atoms with E-state index in [0.717, 1.165) is 19.3 Å². The van der Waals surface area contributed by atoms with Crippen molar-refractivity contribution in [2.45, 2.75) is 33.1 Å². The molecule has 1 heteroatoms. The van der Waals surface area contributed by atoms with E-state index >= 15 is 0 Å². The molecular formula is C11H17N. The second-order valence-electron chi connectivity index (χ2n) is 3.01. The highest BCUT2D eigenvalue weighted by molar-refractivity contribution is 5.13. The Morgan fingerprint density at radius 1 is 1.58 bits per heavy atom. The van der Waals surface area contributed by atoms with Gasteiger partial charge >= 0.3 is 0 Å². The van der Waals surface area contributed by atoms with Gasteiger partial charge in [0.15, 0.2) is 0 Å². The van der Waals surface area contributed by atoms with E-state index in [1.54, 1.807) is 0 Å². The predicted molar refractivity (Wildman–Crippen MR) is 52.6 cm³/mol. The van der Waals surface area contributed by atoms with Crippen LogP contribution in [0.1, 0.15) is 33.1 Å². The minimum atomic E-state index is -0.300. The average Bonchev–Trinajstić information content (AvgIpc) is 2.06. The summed E-state index contributed by atoms with van der Waals surface area (Å²) in [4.78, 5) is 0. The van der Waals surface area contributed by atoms with E-state index in [2.05, 4.69) is 19.6 Å². The van der Waals surface area contributed by atoms with E-state index in [4.69, 9.17) is 5.26 Å². The summed E-state index contributed by atoms with van der Waals surface area (Å²) in [6.07, 6.45) is 8.45. The fourth-order valence-corrected chi connectivity index (χ4v) is 1.41. The molecule has 1 atom stereocenters. The molecule has 0 aliphatic carbocycles. The van der Waals surface area contributed by atoms with Crippen molar-refractivity contribution in [3.63, 3.8) is 0 Å². The van der Waals surface area contributed by atoms with Crippen LogP contribution in [0.3, 0.4) is 0 Å². The lowest BCUT2D eigenvalue weighted by Gasteiger charge is -2.19. The first kappa shape index (κ1) is 11.0. The van der Waals surface area contributed by atoms with E-state index in [0.29, 0.717) is 0 Å². The summed E-state index contributed by atoms with van der Waals surface area (Å²) in [7, 11) is 0. The number of hydrogen-bond donors (Lipinski definition) is 0. The number of hydrogen-bond acceptors (Lipinski definition) is 1. The molecule has 0 aromatic rings. The summed E-state index contributed by atoms with van der Waals surface area (Å²) in [6.45, 7) is 7.72. The Hall–Kier alpha value is -1.03. The highest BCUT2D eigenvalue weighted by Gasteiger charge is 2.23. The van der Waals surface area contributed by atoms with Gasteiger partial charge in [0.05, 0.1) is 11.5 Å². The molecule has 0 aliphatic rings. The molecular weight excluding hydrogens is 146 g/mol. The number of nitriles is 1. The molecule has 0 heterocycles. The van der Waals surface area contributed by atoms with Crippen LogP contribution in [0.5, 0.6) is 0 Å². The van der Waals surface area contributed by atoms with Crippen LogP contribution in [0, 0.1) is 16.7 Å². The molecule has 0 radical (unpaired) electrons. The van der Waals surface area contributed by atoms with Gasteiger partial charge in [0.1, 0.15) is 0 Å². The van der Waals surface area contributed by atoms with Crippen molar-refractivity contribution in [1.82, 2.24) is 0 Å². The summed E-state index contributed by atoms with van der Waals surface area (Å²) < 4.78 is 0. The number of rotatable bonds is 5. The van der Waals surface area contributed by atoms with E-state index < -0.39 is 0 Å². The van der Waals surface area contributed by atoms with Crippen molar-refractivity contribution >= 4 is 0 Å². The summed E-state index contributed by atoms with van der Waals surface area (Å²) in [5, 5.41) is 9.02. The van der Waals surface area contributed by atoms with E-state index in [1.807, 2.05) is 25.2 Å². The van der Waals surface area contributed by atoms with Crippen molar-refractivity contribution in [2.75, 3.05) is 0 Å². The maximum atomic E-state index is 9.02. The molecule has 0 spiro atoms. The van der Waals surface area contributed by atoms with Gasteiger partial charge in [-0.05, 0) is 19.8 Å². The van der Waals surface area contributed by atoms with Gasteiger partial charge in [-0.1, -0.05) is 31.6 Å². The maximum absolute atomic E-state index is 9.02. The summed E-state index contributed by atoms with van der Waals surface area (Å²) >= 11 is 0. The third-order valence-corrected chi connectivity index (χ3v) is 1.91. The van der Waals surface area contributed by atoms with Gasteiger partial charge in [-0.25, -0.2) is 0 Å². The Kier molecular flexibility index (Phi) is 5.12. The molecule has 1 unspecified atom stereocenters. The first-order valence-electron chi connectivity index (χ1n) is 4.40. The van der Waals surface area contributed by atoms with E-state index in [9.17, 15) is 0 Å². The monoisotopic (exact) mass is 163 g/mol. The lowest BCUT2D eigenvalue weighted by molar-refractivity contribution is 0.463. The molecule has 0 rings (SSSR count). The molecule has 0 saturated heterocycles. The van der Waals surface area contributed by atoms with Gasteiger partial charge in [-0.2, -0.15) is 5.26 Å². The van der Waals surface area contributed by atoms with Crippen LogP contribution in [0.15, 0.2) is 24.8 Å². The van der Waals surface area contributed by atoms with E-state index in [1.165, 1.54) is 0 Å². The normalized spacial score (nSPS) is 15.4. The molecule has 0 fully saturated rings. The topological polar surface area (TPSA) is 23.8 Å². The van der Waals surface area contributed by atoms with E-state index in [-0.39, 0.29) is 5.41 Å². The minimum Gasteiger partial charge on any atom is -0.197 e. The largest absolute Gasteiger partial charge is 0.197 e. The number of allylic oxidation sites excluding steroid dienone is 3. The maximum Gasteiger partial charge on any atom is 0.0787 e. The second-order valence-corrected chi connectivity index (χ2v) is 3.01. The smallest absolute Gasteiger partial charge is 0.0787 e. The lowest BCUT2D eigenvalue weighted by atomic mass is 9.81. The van der Waals surface area contributed by atoms with Crippen LogP contribution in [0.2, 0.25) is 0 Å². The van der Waals surface area contributed by atoms with Gasteiger partial charge in [0.25, 0.3) is 0 Å². The van der Waals surface area contributed by atoms with Crippen LogP contribution in [-0.2, 0) is 0 Å².